The summed E-state index contributed by atoms with van der Waals surface area (Å²) in [6.07, 6.45) is 29.4. The average molecular weight is 925 g/mol. The van der Waals surface area contributed by atoms with Crippen LogP contribution >= 0.6 is 46.1 Å². The van der Waals surface area contributed by atoms with Crippen molar-refractivity contribution in [2.75, 3.05) is 0 Å². The van der Waals surface area contributed by atoms with Crippen molar-refractivity contribution < 1.29 is 0 Å². The molecule has 0 spiro atoms. The molecule has 2 aliphatic rings. The van der Waals surface area contributed by atoms with Crippen molar-refractivity contribution in [3.8, 4) is 32.7 Å². The van der Waals surface area contributed by atoms with Gasteiger partial charge in [-0.15, -0.1) is 22.7 Å². The van der Waals surface area contributed by atoms with Crippen LogP contribution < -0.4 is 0 Å². The van der Waals surface area contributed by atoms with Crippen molar-refractivity contribution in [2.24, 2.45) is 0 Å². The summed E-state index contributed by atoms with van der Waals surface area (Å²) < 4.78 is 20.6. The van der Waals surface area contributed by atoms with Crippen molar-refractivity contribution in [2.45, 2.75) is 181 Å². The maximum atomic E-state index is 5.31. The van der Waals surface area contributed by atoms with Gasteiger partial charge in [0.1, 0.15) is 22.1 Å². The van der Waals surface area contributed by atoms with Crippen molar-refractivity contribution in [3.63, 3.8) is 0 Å². The molecule has 0 atom stereocenters. The van der Waals surface area contributed by atoms with Gasteiger partial charge in [0, 0.05) is 47.0 Å². The molecule has 0 radical (unpaired) electrons. The Labute approximate surface area is 399 Å². The van der Waals surface area contributed by atoms with Crippen LogP contribution in [0.4, 0.5) is 0 Å². The fourth-order valence-electron chi connectivity index (χ4n) is 11.7. The third kappa shape index (κ3) is 8.41. The highest BCUT2D eigenvalue weighted by Gasteiger charge is 2.49. The fraction of sp³-hybridized carbons (Fsp3) is 0.500. The van der Waals surface area contributed by atoms with E-state index in [9.17, 15) is 0 Å². The molecule has 0 aliphatic heterocycles. The monoisotopic (exact) mass is 924 g/mol. The van der Waals surface area contributed by atoms with E-state index in [1.54, 1.807) is 5.56 Å². The summed E-state index contributed by atoms with van der Waals surface area (Å²) >= 11 is 6.53. The second-order valence-electron chi connectivity index (χ2n) is 19.2. The van der Waals surface area contributed by atoms with Crippen molar-refractivity contribution in [1.82, 2.24) is 17.5 Å². The summed E-state index contributed by atoms with van der Waals surface area (Å²) in [5.41, 5.74) is 18.5. The lowest BCUT2D eigenvalue weighted by atomic mass is 9.68. The number of unbranched alkanes of at least 4 members (excludes halogenated alkanes) is 12. The number of aryl methyl sites for hydroxylation is 2. The summed E-state index contributed by atoms with van der Waals surface area (Å²) in [6.45, 7) is 13.8. The number of thiophene rings is 2. The SMILES string of the molecule is CCCCCCC1(CCCCCC)c2cc3c(cc2-c2c1cc(C)c1nsnc21)C(CCCCCC)(CCCCCC)c1cc(-c2ccc(/C=C/c4ccc(C)s4)s2)c2nsnc2c1-3. The van der Waals surface area contributed by atoms with Gasteiger partial charge in [-0.1, -0.05) is 136 Å². The van der Waals surface area contributed by atoms with Crippen molar-refractivity contribution in [1.29, 1.82) is 0 Å². The molecule has 3 aromatic carbocycles. The van der Waals surface area contributed by atoms with E-state index in [4.69, 9.17) is 17.5 Å². The Hall–Kier alpha value is -3.56. The minimum Gasteiger partial charge on any atom is -0.173 e. The van der Waals surface area contributed by atoms with Crippen LogP contribution in [0.25, 0.3) is 66.9 Å². The van der Waals surface area contributed by atoms with Crippen LogP contribution in [0.2, 0.25) is 0 Å². The molecule has 64 heavy (non-hydrogen) atoms. The first-order valence-electron chi connectivity index (χ1n) is 25.0. The van der Waals surface area contributed by atoms with E-state index >= 15 is 0 Å². The highest BCUT2D eigenvalue weighted by Crippen LogP contribution is 2.63. The molecule has 4 aromatic heterocycles. The van der Waals surface area contributed by atoms with Gasteiger partial charge in [0.2, 0.25) is 0 Å². The van der Waals surface area contributed by atoms with Gasteiger partial charge in [0.05, 0.1) is 23.5 Å². The molecule has 2 aliphatic carbocycles. The van der Waals surface area contributed by atoms with Gasteiger partial charge in [-0.3, -0.25) is 0 Å². The van der Waals surface area contributed by atoms with Gasteiger partial charge in [-0.05, 0) is 133 Å². The summed E-state index contributed by atoms with van der Waals surface area (Å²) in [7, 11) is 0. The van der Waals surface area contributed by atoms with E-state index in [1.165, 1.54) is 209 Å². The molecular formula is C56H68N4S4. The third-order valence-electron chi connectivity index (χ3n) is 14.9. The van der Waals surface area contributed by atoms with Gasteiger partial charge in [0.25, 0.3) is 0 Å². The number of rotatable bonds is 23. The summed E-state index contributed by atoms with van der Waals surface area (Å²) in [4.78, 5) is 5.20. The normalized spacial score (nSPS) is 14.6. The molecule has 0 fully saturated rings. The Balaban J connectivity index is 1.28. The highest BCUT2D eigenvalue weighted by molar-refractivity contribution is 7.16. The lowest BCUT2D eigenvalue weighted by Crippen LogP contribution is -2.27. The molecular weight excluding hydrogens is 857 g/mol. The Morgan fingerprint density at radius 1 is 0.438 bits per heavy atom. The Morgan fingerprint density at radius 2 is 0.875 bits per heavy atom. The van der Waals surface area contributed by atoms with E-state index in [2.05, 4.69) is 102 Å². The van der Waals surface area contributed by atoms with Crippen LogP contribution in [0.15, 0.2) is 48.5 Å². The van der Waals surface area contributed by atoms with Gasteiger partial charge >= 0.3 is 0 Å². The zero-order valence-electron chi connectivity index (χ0n) is 39.3. The van der Waals surface area contributed by atoms with E-state index < -0.39 is 0 Å². The van der Waals surface area contributed by atoms with Gasteiger partial charge < -0.3 is 0 Å². The third-order valence-corrected chi connectivity index (χ3v) is 18.0. The van der Waals surface area contributed by atoms with Gasteiger partial charge in [-0.2, -0.15) is 17.5 Å². The average Bonchev–Trinajstić information content (AvgIpc) is 4.17. The lowest BCUT2D eigenvalue weighted by Gasteiger charge is -2.35. The molecule has 0 N–H and O–H groups in total. The first-order valence-corrected chi connectivity index (χ1v) is 28.1. The summed E-state index contributed by atoms with van der Waals surface area (Å²) in [6, 6.07) is 19.7. The molecule has 8 heteroatoms. The Kier molecular flexibility index (Phi) is 14.3. The highest BCUT2D eigenvalue weighted by atomic mass is 32.1. The summed E-state index contributed by atoms with van der Waals surface area (Å²) in [5, 5.41) is 0. The molecule has 0 saturated carbocycles. The van der Waals surface area contributed by atoms with Crippen LogP contribution in [-0.2, 0) is 10.8 Å². The second kappa shape index (κ2) is 20.1. The molecule has 336 valence electrons. The van der Waals surface area contributed by atoms with Crippen LogP contribution in [0.5, 0.6) is 0 Å². The zero-order valence-corrected chi connectivity index (χ0v) is 42.6. The molecule has 4 heterocycles. The number of aromatic nitrogens is 4. The Bertz CT molecular complexity index is 2720. The van der Waals surface area contributed by atoms with Crippen LogP contribution in [0.1, 0.15) is 199 Å². The Morgan fingerprint density at radius 3 is 1.38 bits per heavy atom. The standard InChI is InChI=1S/C56H68N4S4/c1-7-11-15-19-29-55(30-20-16-12-8-2)44-35-42-45(34-41(44)49-46(55)33-37(5)51-53(49)59-63-57-51)56(31-21-17-13-9-3,32-22-18-14-10-4)47-36-43(52-54(50(42)47)60-64-58-52)48-28-27-40(62-48)26-25-39-24-23-38(6)61-39/h23-28,33-36H,7-22,29-32H2,1-6H3/b26-25+. The smallest absolute Gasteiger partial charge is 0.114 e. The fourth-order valence-corrected chi connectivity index (χ4v) is 14.5. The van der Waals surface area contributed by atoms with Crippen molar-refractivity contribution in [3.05, 3.63) is 91.0 Å². The van der Waals surface area contributed by atoms with E-state index in [1.807, 2.05) is 22.7 Å². The van der Waals surface area contributed by atoms with E-state index in [0.29, 0.717) is 0 Å². The van der Waals surface area contributed by atoms with Crippen LogP contribution in [0, 0.1) is 13.8 Å². The van der Waals surface area contributed by atoms with Crippen molar-refractivity contribution >= 4 is 80.3 Å². The number of fused-ring (bicyclic) bond motifs is 10. The van der Waals surface area contributed by atoms with E-state index in [0.717, 1.165) is 34.9 Å². The number of benzene rings is 3. The predicted molar refractivity (Wildman–Crippen MR) is 282 cm³/mol. The number of hydrogen-bond acceptors (Lipinski definition) is 8. The maximum Gasteiger partial charge on any atom is 0.114 e. The molecule has 0 saturated heterocycles. The van der Waals surface area contributed by atoms with Gasteiger partial charge in [-0.25, -0.2) is 0 Å². The van der Waals surface area contributed by atoms with Crippen LogP contribution in [0.3, 0.4) is 0 Å². The lowest BCUT2D eigenvalue weighted by molar-refractivity contribution is 0.397. The molecule has 0 unspecified atom stereocenters. The minimum absolute atomic E-state index is 0.0561. The molecule has 7 aromatic rings. The predicted octanol–water partition coefficient (Wildman–Crippen LogP) is 18.7. The van der Waals surface area contributed by atoms with Crippen LogP contribution in [-0.4, -0.2) is 17.5 Å². The van der Waals surface area contributed by atoms with E-state index in [-0.39, 0.29) is 10.8 Å². The molecule has 9 rings (SSSR count). The zero-order chi connectivity index (χ0) is 44.3. The number of hydrogen-bond donors (Lipinski definition) is 0. The largest absolute Gasteiger partial charge is 0.173 e. The quantitative estimate of drug-likeness (QED) is 0.0600. The molecule has 0 bridgehead atoms. The summed E-state index contributed by atoms with van der Waals surface area (Å²) in [5.74, 6) is 0. The maximum absolute atomic E-state index is 5.31. The molecule has 4 nitrogen and oxygen atoms in total. The second-order valence-corrected chi connectivity index (χ2v) is 22.7. The number of nitrogens with zero attached hydrogens (tertiary/aromatic N) is 4. The first kappa shape index (κ1) is 45.6. The molecule has 0 amide bonds. The van der Waals surface area contributed by atoms with Gasteiger partial charge in [0.15, 0.2) is 0 Å². The topological polar surface area (TPSA) is 51.6 Å². The minimum atomic E-state index is -0.109. The first-order chi connectivity index (χ1) is 31.4.